The first kappa shape index (κ1) is 25.6. The number of carbonyl (C=O) groups is 3. The Bertz CT molecular complexity index is 695. The summed E-state index contributed by atoms with van der Waals surface area (Å²) in [6, 6.07) is 8.03. The summed E-state index contributed by atoms with van der Waals surface area (Å²) in [5, 5.41) is 8.96. The van der Waals surface area contributed by atoms with E-state index in [-0.39, 0.29) is 61.6 Å². The van der Waals surface area contributed by atoms with Gasteiger partial charge in [-0.3, -0.25) is 14.5 Å². The van der Waals surface area contributed by atoms with Crippen LogP contribution in [0.5, 0.6) is 0 Å². The second-order valence-corrected chi connectivity index (χ2v) is 6.34. The van der Waals surface area contributed by atoms with Gasteiger partial charge in [0.2, 0.25) is 5.91 Å². The normalized spacial score (nSPS) is 22.7. The predicted molar refractivity (Wildman–Crippen MR) is 85.4 cm³/mol. The summed E-state index contributed by atoms with van der Waals surface area (Å²) in [4.78, 5) is 38.7. The fourth-order valence-electron chi connectivity index (χ4n) is 3.15. The van der Waals surface area contributed by atoms with Crippen molar-refractivity contribution in [3.63, 3.8) is 0 Å². The molecule has 29 heavy (non-hydrogen) atoms. The molecule has 2 aliphatic rings. The van der Waals surface area contributed by atoms with Crippen LogP contribution in [0.3, 0.4) is 0 Å². The van der Waals surface area contributed by atoms with Crippen molar-refractivity contribution >= 4 is 18.0 Å². The molecule has 1 N–H and O–H groups in total. The summed E-state index contributed by atoms with van der Waals surface area (Å²) >= 11 is -0.417. The second-order valence-electron chi connectivity index (χ2n) is 6.22. The molecule has 0 saturated carbocycles. The van der Waals surface area contributed by atoms with E-state index < -0.39 is 41.7 Å². The Morgan fingerprint density at radius 3 is 2.52 bits per heavy atom. The first-order chi connectivity index (χ1) is 13.4. The van der Waals surface area contributed by atoms with Crippen LogP contribution >= 0.6 is 0 Å². The van der Waals surface area contributed by atoms with E-state index in [1.54, 1.807) is 6.92 Å². The Labute approximate surface area is 193 Å². The molecule has 1 aromatic rings. The van der Waals surface area contributed by atoms with E-state index in [0.717, 1.165) is 5.56 Å². The zero-order valence-electron chi connectivity index (χ0n) is 16.0. The topological polar surface area (TPSA) is 142 Å². The van der Waals surface area contributed by atoms with Crippen LogP contribution in [0, 0.1) is 11.3 Å². The van der Waals surface area contributed by atoms with Crippen LogP contribution in [0.25, 0.3) is 0 Å². The van der Waals surface area contributed by atoms with Gasteiger partial charge in [0.15, 0.2) is 6.23 Å². The minimum atomic E-state index is -0.987. The number of carboxylic acids is 1. The number of halogens is 1. The number of piperazine rings is 1. The first-order valence-corrected chi connectivity index (χ1v) is 9.03. The molecule has 0 bridgehead atoms. The largest absolute Gasteiger partial charge is 1.00 e. The monoisotopic (exact) mass is 438 g/mol. The van der Waals surface area contributed by atoms with Crippen molar-refractivity contribution in [3.8, 4) is 0 Å². The van der Waals surface area contributed by atoms with Crippen LogP contribution in [0.2, 0.25) is 0 Å². The minimum Gasteiger partial charge on any atom is -0.544 e. The van der Waals surface area contributed by atoms with Gasteiger partial charge in [-0.15, -0.1) is 0 Å². The molecule has 2 fully saturated rings. The van der Waals surface area contributed by atoms with Crippen LogP contribution in [0.4, 0.5) is 4.79 Å². The van der Waals surface area contributed by atoms with Crippen LogP contribution in [0.1, 0.15) is 18.9 Å². The number of amides is 2. The predicted octanol–water partition coefficient (Wildman–Crippen LogP) is -4.32. The molecular formula is C17H20ClN2NaO8. The second kappa shape index (κ2) is 12.3. The number of hydrogen-bond donors (Lipinski definition) is 1. The molecule has 2 heterocycles. The molecule has 0 aromatic heterocycles. The average molecular weight is 439 g/mol. The Morgan fingerprint density at radius 2 is 1.93 bits per heavy atom. The molecule has 0 radical (unpaired) electrons. The summed E-state index contributed by atoms with van der Waals surface area (Å²) in [6.45, 7) is 2.05. The Kier molecular flexibility index (Phi) is 10.9. The third-order valence-electron chi connectivity index (χ3n) is 4.47. The van der Waals surface area contributed by atoms with Gasteiger partial charge in [0.05, 0.1) is 36.9 Å². The summed E-state index contributed by atoms with van der Waals surface area (Å²) in [5.74, 6) is -1.31. The quantitative estimate of drug-likeness (QED) is 0.465. The molecule has 1 aromatic carbocycles. The van der Waals surface area contributed by atoms with Crippen molar-refractivity contribution in [1.82, 2.24) is 9.80 Å². The summed E-state index contributed by atoms with van der Waals surface area (Å²) in [6.07, 6.45) is -1.39. The average Bonchev–Trinajstić information content (AvgIpc) is 3.06. The molecule has 2 saturated heterocycles. The number of ether oxygens (including phenoxy) is 2. The van der Waals surface area contributed by atoms with E-state index in [1.807, 2.05) is 30.3 Å². The zero-order valence-corrected chi connectivity index (χ0v) is 18.8. The number of aliphatic carboxylic acids is 1. The zero-order chi connectivity index (χ0) is 20.7. The molecule has 2 amide bonds. The maximum absolute atomic E-state index is 12.6. The summed E-state index contributed by atoms with van der Waals surface area (Å²) in [5.41, 5.74) is 0.854. The smallest absolute Gasteiger partial charge is 0.544 e. The van der Waals surface area contributed by atoms with E-state index in [9.17, 15) is 14.4 Å². The SMILES string of the molecule is C[C@H]1C(=O)N2C(CN1C(=O)OCc1ccccc1)OC[C@@H]2CC(=O)O.[Na+].[O-][Cl+][O-]. The summed E-state index contributed by atoms with van der Waals surface area (Å²) < 4.78 is 27.3. The molecule has 10 nitrogen and oxygen atoms in total. The molecule has 3 atom stereocenters. The van der Waals surface area contributed by atoms with Crippen LogP contribution < -0.4 is 38.9 Å². The van der Waals surface area contributed by atoms with Crippen molar-refractivity contribution in [2.75, 3.05) is 13.2 Å². The van der Waals surface area contributed by atoms with Crippen LogP contribution in [0.15, 0.2) is 30.3 Å². The maximum atomic E-state index is 12.6. The number of fused-ring (bicyclic) bond motifs is 1. The Morgan fingerprint density at radius 1 is 1.31 bits per heavy atom. The molecule has 12 heteroatoms. The number of carbonyl (C=O) groups excluding carboxylic acids is 2. The van der Waals surface area contributed by atoms with Gasteiger partial charge < -0.3 is 28.8 Å². The van der Waals surface area contributed by atoms with Gasteiger partial charge in [-0.1, -0.05) is 30.3 Å². The number of rotatable bonds is 4. The standard InChI is InChI=1S/C17H20N2O6.ClO2.Na/c1-11-16(22)19-13(7-15(20)21)10-24-14(19)8-18(11)17(23)25-9-12-5-3-2-4-6-12;2-1-3;/h2-6,11,13-14H,7-10H2,1H3,(H,20,21);;/q;-1;+1/t11-,13-,14?;;/m0../s1. The van der Waals surface area contributed by atoms with Crippen molar-refractivity contribution in [1.29, 1.82) is 0 Å². The van der Waals surface area contributed by atoms with Gasteiger partial charge in [-0.25, -0.2) is 4.79 Å². The number of benzene rings is 1. The van der Waals surface area contributed by atoms with E-state index >= 15 is 0 Å². The third kappa shape index (κ3) is 6.82. The van der Waals surface area contributed by atoms with Gasteiger partial charge >= 0.3 is 41.6 Å². The number of carboxylic acid groups (broad SMARTS) is 1. The van der Waals surface area contributed by atoms with Crippen LogP contribution in [-0.2, 0) is 25.7 Å². The van der Waals surface area contributed by atoms with E-state index in [1.165, 1.54) is 9.80 Å². The van der Waals surface area contributed by atoms with Gasteiger partial charge in [-0.05, 0) is 12.5 Å². The number of hydrogen-bond acceptors (Lipinski definition) is 7. The molecule has 0 aliphatic carbocycles. The fraction of sp³-hybridized carbons (Fsp3) is 0.471. The fourth-order valence-corrected chi connectivity index (χ4v) is 3.15. The van der Waals surface area contributed by atoms with Gasteiger partial charge in [0, 0.05) is 0 Å². The Hall–Kier alpha value is -1.40. The Balaban J connectivity index is 0.000000990. The van der Waals surface area contributed by atoms with Crippen molar-refractivity contribution < 1.29 is 79.2 Å². The summed E-state index contributed by atoms with van der Waals surface area (Å²) in [7, 11) is 0. The molecular weight excluding hydrogens is 419 g/mol. The van der Waals surface area contributed by atoms with E-state index in [0.29, 0.717) is 0 Å². The molecule has 3 rings (SSSR count). The molecule has 1 unspecified atom stereocenters. The van der Waals surface area contributed by atoms with Crippen molar-refractivity contribution in [2.24, 2.45) is 0 Å². The molecule has 2 aliphatic heterocycles. The first-order valence-electron chi connectivity index (χ1n) is 8.41. The third-order valence-corrected chi connectivity index (χ3v) is 4.47. The molecule has 0 spiro atoms. The van der Waals surface area contributed by atoms with Gasteiger partial charge in [0.25, 0.3) is 0 Å². The number of nitrogens with zero attached hydrogens (tertiary/aromatic N) is 2. The minimum absolute atomic E-state index is 0. The van der Waals surface area contributed by atoms with E-state index in [4.69, 9.17) is 23.9 Å². The van der Waals surface area contributed by atoms with E-state index in [2.05, 4.69) is 0 Å². The van der Waals surface area contributed by atoms with Crippen molar-refractivity contribution in [3.05, 3.63) is 35.9 Å². The maximum Gasteiger partial charge on any atom is 1.00 e. The van der Waals surface area contributed by atoms with Crippen LogP contribution in [-0.4, -0.2) is 64.3 Å². The van der Waals surface area contributed by atoms with Crippen molar-refractivity contribution in [2.45, 2.75) is 38.3 Å². The van der Waals surface area contributed by atoms with Gasteiger partial charge in [0.1, 0.15) is 12.6 Å². The van der Waals surface area contributed by atoms with Gasteiger partial charge in [-0.2, -0.15) is 0 Å². The molecule has 154 valence electrons.